The number of hydrogen-bond acceptors (Lipinski definition) is 3. The van der Waals surface area contributed by atoms with E-state index in [9.17, 15) is 4.39 Å². The molecular weight excluding hydrogens is 255 g/mol. The molecule has 1 unspecified atom stereocenters. The number of nitrogens with one attached hydrogen (secondary N) is 1. The normalized spacial score (nSPS) is 19.1. The van der Waals surface area contributed by atoms with E-state index in [1.807, 2.05) is 18.0 Å². The number of anilines is 1. The van der Waals surface area contributed by atoms with E-state index in [2.05, 4.69) is 12.2 Å². The number of rotatable bonds is 6. The van der Waals surface area contributed by atoms with E-state index in [0.717, 1.165) is 44.0 Å². The number of ether oxygens (including phenoxy) is 1. The maximum absolute atomic E-state index is 14.2. The summed E-state index contributed by atoms with van der Waals surface area (Å²) in [5.41, 5.74) is 1.74. The Morgan fingerprint density at radius 1 is 1.45 bits per heavy atom. The molecule has 1 saturated heterocycles. The van der Waals surface area contributed by atoms with Crippen LogP contribution >= 0.6 is 0 Å². The monoisotopic (exact) mass is 280 g/mol. The van der Waals surface area contributed by atoms with Gasteiger partial charge in [0.1, 0.15) is 5.82 Å². The molecule has 2 rings (SSSR count). The van der Waals surface area contributed by atoms with E-state index in [4.69, 9.17) is 4.74 Å². The summed E-state index contributed by atoms with van der Waals surface area (Å²) < 4.78 is 19.7. The molecule has 0 spiro atoms. The molecule has 4 heteroatoms. The maximum atomic E-state index is 14.2. The summed E-state index contributed by atoms with van der Waals surface area (Å²) in [7, 11) is 1.97. The average Bonchev–Trinajstić information content (AvgIpc) is 2.46. The van der Waals surface area contributed by atoms with Crippen molar-refractivity contribution in [2.75, 3.05) is 38.3 Å². The minimum absolute atomic E-state index is 0.139. The van der Waals surface area contributed by atoms with E-state index in [0.29, 0.717) is 12.5 Å². The summed E-state index contributed by atoms with van der Waals surface area (Å²) in [6.45, 7) is 6.15. The summed E-state index contributed by atoms with van der Waals surface area (Å²) in [6, 6.07) is 5.32. The Morgan fingerprint density at radius 2 is 2.30 bits per heavy atom. The van der Waals surface area contributed by atoms with Crippen molar-refractivity contribution >= 4 is 5.69 Å². The lowest BCUT2D eigenvalue weighted by atomic mass is 10.0. The van der Waals surface area contributed by atoms with Crippen LogP contribution in [0.1, 0.15) is 25.3 Å². The molecule has 20 heavy (non-hydrogen) atoms. The van der Waals surface area contributed by atoms with Crippen molar-refractivity contribution < 1.29 is 9.13 Å². The zero-order valence-corrected chi connectivity index (χ0v) is 12.5. The van der Waals surface area contributed by atoms with Gasteiger partial charge in [-0.25, -0.2) is 4.39 Å². The van der Waals surface area contributed by atoms with E-state index < -0.39 is 0 Å². The third-order valence-corrected chi connectivity index (χ3v) is 3.80. The fraction of sp³-hybridized carbons (Fsp3) is 0.625. The molecule has 1 atom stereocenters. The van der Waals surface area contributed by atoms with Gasteiger partial charge in [-0.15, -0.1) is 0 Å². The molecule has 1 aliphatic rings. The largest absolute Gasteiger partial charge is 0.381 e. The molecule has 1 N–H and O–H groups in total. The van der Waals surface area contributed by atoms with Crippen LogP contribution in [0.5, 0.6) is 0 Å². The molecule has 0 saturated carbocycles. The molecule has 1 aromatic carbocycles. The Morgan fingerprint density at radius 3 is 3.00 bits per heavy atom. The van der Waals surface area contributed by atoms with Crippen LogP contribution in [0.2, 0.25) is 0 Å². The summed E-state index contributed by atoms with van der Waals surface area (Å²) in [4.78, 5) is 2.04. The quantitative estimate of drug-likeness (QED) is 0.867. The molecule has 1 heterocycles. The summed E-state index contributed by atoms with van der Waals surface area (Å²) >= 11 is 0. The molecule has 1 fully saturated rings. The Bertz CT molecular complexity index is 419. The second kappa shape index (κ2) is 7.60. The standard InChI is InChI=1S/C16H25FN2O/c1-3-18-10-14-7-4-8-15(17)16(14)19(2)11-13-6-5-9-20-12-13/h4,7-8,13,18H,3,5-6,9-12H2,1-2H3. The summed E-state index contributed by atoms with van der Waals surface area (Å²) in [6.07, 6.45) is 2.28. The van der Waals surface area contributed by atoms with Crippen LogP contribution in [-0.2, 0) is 11.3 Å². The van der Waals surface area contributed by atoms with E-state index >= 15 is 0 Å². The first-order valence-electron chi connectivity index (χ1n) is 7.49. The van der Waals surface area contributed by atoms with Gasteiger partial charge in [-0.05, 0) is 36.9 Å². The highest BCUT2D eigenvalue weighted by atomic mass is 19.1. The van der Waals surface area contributed by atoms with Crippen molar-refractivity contribution in [1.82, 2.24) is 5.32 Å². The van der Waals surface area contributed by atoms with Gasteiger partial charge < -0.3 is 15.0 Å². The fourth-order valence-electron chi connectivity index (χ4n) is 2.82. The molecule has 112 valence electrons. The first kappa shape index (κ1) is 15.3. The number of nitrogens with zero attached hydrogens (tertiary/aromatic N) is 1. The molecule has 3 nitrogen and oxygen atoms in total. The van der Waals surface area contributed by atoms with Gasteiger partial charge in [0.25, 0.3) is 0 Å². The summed E-state index contributed by atoms with van der Waals surface area (Å²) in [5, 5.41) is 3.27. The molecule has 1 aliphatic heterocycles. The Labute approximate surface area is 121 Å². The minimum atomic E-state index is -0.139. The number of halogens is 1. The highest BCUT2D eigenvalue weighted by molar-refractivity contribution is 5.54. The Hall–Kier alpha value is -1.13. The maximum Gasteiger partial charge on any atom is 0.146 e. The van der Waals surface area contributed by atoms with Gasteiger partial charge in [-0.3, -0.25) is 0 Å². The van der Waals surface area contributed by atoms with Crippen molar-refractivity contribution in [3.05, 3.63) is 29.6 Å². The van der Waals surface area contributed by atoms with E-state index in [1.165, 1.54) is 6.42 Å². The topological polar surface area (TPSA) is 24.5 Å². The van der Waals surface area contributed by atoms with Gasteiger partial charge in [0.05, 0.1) is 12.3 Å². The fourth-order valence-corrected chi connectivity index (χ4v) is 2.82. The second-order valence-electron chi connectivity index (χ2n) is 5.49. The number of para-hydroxylation sites is 1. The number of hydrogen-bond donors (Lipinski definition) is 1. The first-order valence-corrected chi connectivity index (χ1v) is 7.49. The van der Waals surface area contributed by atoms with Gasteiger partial charge in [-0.1, -0.05) is 19.1 Å². The van der Waals surface area contributed by atoms with Crippen LogP contribution in [0, 0.1) is 11.7 Å². The zero-order chi connectivity index (χ0) is 14.4. The lowest BCUT2D eigenvalue weighted by Crippen LogP contribution is -2.32. The zero-order valence-electron chi connectivity index (χ0n) is 12.5. The predicted molar refractivity (Wildman–Crippen MR) is 80.6 cm³/mol. The van der Waals surface area contributed by atoms with Gasteiger partial charge in [-0.2, -0.15) is 0 Å². The number of benzene rings is 1. The Kier molecular flexibility index (Phi) is 5.80. The van der Waals surface area contributed by atoms with Crippen molar-refractivity contribution in [3.63, 3.8) is 0 Å². The second-order valence-corrected chi connectivity index (χ2v) is 5.49. The lowest BCUT2D eigenvalue weighted by molar-refractivity contribution is 0.0576. The lowest BCUT2D eigenvalue weighted by Gasteiger charge is -2.30. The molecule has 1 aromatic rings. The highest BCUT2D eigenvalue weighted by Crippen LogP contribution is 2.25. The molecule has 0 aromatic heterocycles. The van der Waals surface area contributed by atoms with Crippen LogP contribution in [-0.4, -0.2) is 33.4 Å². The van der Waals surface area contributed by atoms with E-state index in [1.54, 1.807) is 12.1 Å². The van der Waals surface area contributed by atoms with Crippen molar-refractivity contribution in [1.29, 1.82) is 0 Å². The molecular formula is C16H25FN2O. The van der Waals surface area contributed by atoms with Crippen LogP contribution in [0.15, 0.2) is 18.2 Å². The highest BCUT2D eigenvalue weighted by Gasteiger charge is 2.19. The van der Waals surface area contributed by atoms with Crippen LogP contribution < -0.4 is 10.2 Å². The smallest absolute Gasteiger partial charge is 0.146 e. The molecule has 0 bridgehead atoms. The third-order valence-electron chi connectivity index (χ3n) is 3.80. The molecule has 0 radical (unpaired) electrons. The third kappa shape index (κ3) is 3.93. The van der Waals surface area contributed by atoms with E-state index in [-0.39, 0.29) is 5.82 Å². The van der Waals surface area contributed by atoms with Gasteiger partial charge in [0.2, 0.25) is 0 Å². The average molecular weight is 280 g/mol. The first-order chi connectivity index (χ1) is 9.72. The van der Waals surface area contributed by atoms with Crippen LogP contribution in [0.3, 0.4) is 0 Å². The minimum Gasteiger partial charge on any atom is -0.381 e. The van der Waals surface area contributed by atoms with Crippen LogP contribution in [0.4, 0.5) is 10.1 Å². The van der Waals surface area contributed by atoms with Crippen molar-refractivity contribution in [3.8, 4) is 0 Å². The van der Waals surface area contributed by atoms with Gasteiger partial charge in [0, 0.05) is 26.7 Å². The van der Waals surface area contributed by atoms with Crippen molar-refractivity contribution in [2.24, 2.45) is 5.92 Å². The molecule has 0 amide bonds. The molecule has 0 aliphatic carbocycles. The predicted octanol–water partition coefficient (Wildman–Crippen LogP) is 2.80. The van der Waals surface area contributed by atoms with Crippen LogP contribution in [0.25, 0.3) is 0 Å². The van der Waals surface area contributed by atoms with Gasteiger partial charge in [0.15, 0.2) is 0 Å². The van der Waals surface area contributed by atoms with Gasteiger partial charge >= 0.3 is 0 Å². The SMILES string of the molecule is CCNCc1cccc(F)c1N(C)CC1CCCOC1. The van der Waals surface area contributed by atoms with Crippen molar-refractivity contribution in [2.45, 2.75) is 26.3 Å². The summed E-state index contributed by atoms with van der Waals surface area (Å²) in [5.74, 6) is 0.361. The Balaban J connectivity index is 2.08.